The maximum Gasteiger partial charge on any atom is 0.387 e. The molecule has 0 bridgehead atoms. The first-order valence-electron chi connectivity index (χ1n) is 7.21. The third-order valence-electron chi connectivity index (χ3n) is 3.14. The second-order valence-electron chi connectivity index (χ2n) is 4.83. The minimum atomic E-state index is -2.93. The number of hydrogen-bond donors (Lipinski definition) is 1. The van der Waals surface area contributed by atoms with Gasteiger partial charge in [0.15, 0.2) is 11.5 Å². The van der Waals surface area contributed by atoms with Crippen molar-refractivity contribution in [3.63, 3.8) is 0 Å². The summed E-state index contributed by atoms with van der Waals surface area (Å²) in [4.78, 5) is 11.8. The van der Waals surface area contributed by atoms with Crippen LogP contribution in [0.1, 0.15) is 11.1 Å². The van der Waals surface area contributed by atoms with Gasteiger partial charge < -0.3 is 14.8 Å². The zero-order valence-electron chi connectivity index (χ0n) is 13.0. The van der Waals surface area contributed by atoms with Crippen LogP contribution in [-0.4, -0.2) is 19.6 Å². The lowest BCUT2D eigenvalue weighted by molar-refractivity contribution is -0.116. The molecule has 24 heavy (non-hydrogen) atoms. The summed E-state index contributed by atoms with van der Waals surface area (Å²) in [5, 5.41) is 2.75. The van der Waals surface area contributed by atoms with Crippen LogP contribution in [-0.2, 0) is 11.3 Å². The van der Waals surface area contributed by atoms with Crippen LogP contribution in [0, 0.1) is 0 Å². The number of hydrogen-bond acceptors (Lipinski definition) is 3. The number of ether oxygens (including phenoxy) is 2. The fraction of sp³-hybridized carbons (Fsp3) is 0.167. The van der Waals surface area contributed by atoms with Gasteiger partial charge in [-0.2, -0.15) is 8.78 Å². The molecule has 0 aliphatic rings. The van der Waals surface area contributed by atoms with E-state index in [9.17, 15) is 13.6 Å². The van der Waals surface area contributed by atoms with E-state index in [4.69, 9.17) is 4.74 Å². The maximum absolute atomic E-state index is 12.3. The van der Waals surface area contributed by atoms with E-state index >= 15 is 0 Å². The minimum Gasteiger partial charge on any atom is -0.493 e. The van der Waals surface area contributed by atoms with Crippen LogP contribution in [0.5, 0.6) is 11.5 Å². The first-order valence-corrected chi connectivity index (χ1v) is 7.21. The highest BCUT2D eigenvalue weighted by Crippen LogP contribution is 2.29. The first kappa shape index (κ1) is 17.5. The lowest BCUT2D eigenvalue weighted by Crippen LogP contribution is -2.20. The van der Waals surface area contributed by atoms with E-state index < -0.39 is 6.61 Å². The van der Waals surface area contributed by atoms with Crippen molar-refractivity contribution >= 4 is 12.0 Å². The van der Waals surface area contributed by atoms with E-state index in [2.05, 4.69) is 10.1 Å². The summed E-state index contributed by atoms with van der Waals surface area (Å²) in [5.41, 5.74) is 1.62. The van der Waals surface area contributed by atoms with Crippen LogP contribution >= 0.6 is 0 Å². The van der Waals surface area contributed by atoms with Crippen molar-refractivity contribution in [2.24, 2.45) is 0 Å². The van der Waals surface area contributed by atoms with Crippen molar-refractivity contribution in [3.8, 4) is 11.5 Å². The van der Waals surface area contributed by atoms with Gasteiger partial charge in [-0.1, -0.05) is 36.4 Å². The summed E-state index contributed by atoms with van der Waals surface area (Å²) in [6.07, 6.45) is 2.93. The van der Waals surface area contributed by atoms with Gasteiger partial charge in [0, 0.05) is 12.6 Å². The van der Waals surface area contributed by atoms with Gasteiger partial charge in [-0.25, -0.2) is 0 Å². The Labute approximate surface area is 138 Å². The quantitative estimate of drug-likeness (QED) is 0.787. The molecule has 0 saturated carbocycles. The lowest BCUT2D eigenvalue weighted by Gasteiger charge is -2.10. The number of methoxy groups -OCH3 is 1. The molecular formula is C18H17F2NO3. The Morgan fingerprint density at radius 1 is 1.17 bits per heavy atom. The molecule has 0 aliphatic heterocycles. The average Bonchev–Trinajstić information content (AvgIpc) is 2.59. The standard InChI is InChI=1S/C18H17F2NO3/c1-23-16-11-13(7-9-15(16)24-18(19)20)8-10-17(22)21-12-14-5-3-2-4-6-14/h2-11,18H,12H2,1H3,(H,21,22)/b10-8+. The molecule has 0 aromatic heterocycles. The molecule has 0 saturated heterocycles. The van der Waals surface area contributed by atoms with Crippen LogP contribution in [0.25, 0.3) is 6.08 Å². The smallest absolute Gasteiger partial charge is 0.387 e. The fourth-order valence-electron chi connectivity index (χ4n) is 2.00. The minimum absolute atomic E-state index is 0.0572. The number of nitrogens with one attached hydrogen (secondary N) is 1. The monoisotopic (exact) mass is 333 g/mol. The van der Waals surface area contributed by atoms with E-state index in [1.807, 2.05) is 30.3 Å². The Morgan fingerprint density at radius 2 is 1.92 bits per heavy atom. The van der Waals surface area contributed by atoms with E-state index in [1.165, 1.54) is 25.3 Å². The molecule has 0 atom stereocenters. The summed E-state index contributed by atoms with van der Waals surface area (Å²) in [6, 6.07) is 14.0. The Kier molecular flexibility index (Phi) is 6.31. The SMILES string of the molecule is COc1cc(/C=C/C(=O)NCc2ccccc2)ccc1OC(F)F. The number of carbonyl (C=O) groups excluding carboxylic acids is 1. The maximum atomic E-state index is 12.3. The zero-order chi connectivity index (χ0) is 17.4. The van der Waals surface area contributed by atoms with Crippen LogP contribution in [0.2, 0.25) is 0 Å². The Balaban J connectivity index is 1.96. The molecule has 0 fully saturated rings. The van der Waals surface area contributed by atoms with Crippen molar-refractivity contribution in [1.29, 1.82) is 0 Å². The van der Waals surface area contributed by atoms with Crippen molar-refractivity contribution < 1.29 is 23.0 Å². The molecule has 0 radical (unpaired) electrons. The molecule has 0 spiro atoms. The van der Waals surface area contributed by atoms with Crippen LogP contribution in [0.15, 0.2) is 54.6 Å². The lowest BCUT2D eigenvalue weighted by atomic mass is 10.2. The largest absolute Gasteiger partial charge is 0.493 e. The average molecular weight is 333 g/mol. The van der Waals surface area contributed by atoms with Gasteiger partial charge in [-0.3, -0.25) is 4.79 Å². The van der Waals surface area contributed by atoms with Crippen LogP contribution in [0.4, 0.5) is 8.78 Å². The molecule has 0 heterocycles. The second kappa shape index (κ2) is 8.67. The molecule has 4 nitrogen and oxygen atoms in total. The number of amides is 1. The predicted octanol–water partition coefficient (Wildman–Crippen LogP) is 3.63. The van der Waals surface area contributed by atoms with E-state index in [1.54, 1.807) is 12.1 Å². The zero-order valence-corrected chi connectivity index (χ0v) is 13.0. The summed E-state index contributed by atoms with van der Waals surface area (Å²) < 4.78 is 33.9. The fourth-order valence-corrected chi connectivity index (χ4v) is 2.00. The van der Waals surface area contributed by atoms with Gasteiger partial charge in [0.2, 0.25) is 5.91 Å². The normalized spacial score (nSPS) is 10.8. The van der Waals surface area contributed by atoms with Gasteiger partial charge in [0.1, 0.15) is 0 Å². The highest BCUT2D eigenvalue weighted by Gasteiger charge is 2.10. The predicted molar refractivity (Wildman–Crippen MR) is 86.9 cm³/mol. The molecule has 2 aromatic carbocycles. The molecular weight excluding hydrogens is 316 g/mol. The van der Waals surface area contributed by atoms with Crippen molar-refractivity contribution in [1.82, 2.24) is 5.32 Å². The molecule has 126 valence electrons. The van der Waals surface area contributed by atoms with Gasteiger partial charge in [0.05, 0.1) is 7.11 Å². The van der Waals surface area contributed by atoms with Gasteiger partial charge in [0.25, 0.3) is 0 Å². The number of benzene rings is 2. The summed E-state index contributed by atoms with van der Waals surface area (Å²) in [7, 11) is 1.35. The van der Waals surface area contributed by atoms with Gasteiger partial charge >= 0.3 is 6.61 Å². The van der Waals surface area contributed by atoms with Crippen molar-refractivity contribution in [3.05, 3.63) is 65.7 Å². The molecule has 1 N–H and O–H groups in total. The van der Waals surface area contributed by atoms with Crippen molar-refractivity contribution in [2.75, 3.05) is 7.11 Å². The highest BCUT2D eigenvalue weighted by molar-refractivity contribution is 5.91. The van der Waals surface area contributed by atoms with E-state index in [-0.39, 0.29) is 17.4 Å². The Bertz CT molecular complexity index is 703. The molecule has 0 unspecified atom stereocenters. The van der Waals surface area contributed by atoms with E-state index in [0.717, 1.165) is 5.56 Å². The molecule has 2 rings (SSSR count). The highest BCUT2D eigenvalue weighted by atomic mass is 19.3. The Hall–Kier alpha value is -2.89. The molecule has 1 amide bonds. The van der Waals surface area contributed by atoms with Crippen molar-refractivity contribution in [2.45, 2.75) is 13.2 Å². The van der Waals surface area contributed by atoms with Gasteiger partial charge in [-0.05, 0) is 29.3 Å². The summed E-state index contributed by atoms with van der Waals surface area (Å²) >= 11 is 0. The molecule has 6 heteroatoms. The number of rotatable bonds is 7. The van der Waals surface area contributed by atoms with Crippen LogP contribution in [0.3, 0.4) is 0 Å². The Morgan fingerprint density at radius 3 is 2.58 bits per heavy atom. The number of carbonyl (C=O) groups is 1. The van der Waals surface area contributed by atoms with E-state index in [0.29, 0.717) is 12.1 Å². The van der Waals surface area contributed by atoms with Crippen LogP contribution < -0.4 is 14.8 Å². The number of alkyl halides is 2. The first-order chi connectivity index (χ1) is 11.6. The van der Waals surface area contributed by atoms with Gasteiger partial charge in [-0.15, -0.1) is 0 Å². The molecule has 2 aromatic rings. The number of halogens is 2. The topological polar surface area (TPSA) is 47.6 Å². The second-order valence-corrected chi connectivity index (χ2v) is 4.83. The third kappa shape index (κ3) is 5.39. The third-order valence-corrected chi connectivity index (χ3v) is 3.14. The summed E-state index contributed by atoms with van der Waals surface area (Å²) in [6.45, 7) is -2.50. The molecule has 0 aliphatic carbocycles. The summed E-state index contributed by atoms with van der Waals surface area (Å²) in [5.74, 6) is -0.147.